The second-order valence-corrected chi connectivity index (χ2v) is 6.33. The van der Waals surface area contributed by atoms with Gasteiger partial charge in [0.15, 0.2) is 5.82 Å². The van der Waals surface area contributed by atoms with Gasteiger partial charge in [-0.2, -0.15) is 5.10 Å². The molecule has 1 amide bonds. The van der Waals surface area contributed by atoms with E-state index in [9.17, 15) is 4.79 Å². The molecule has 0 aromatic carbocycles. The molecule has 1 unspecified atom stereocenters. The zero-order valence-corrected chi connectivity index (χ0v) is 11.6. The van der Waals surface area contributed by atoms with Crippen molar-refractivity contribution in [1.82, 2.24) is 25.4 Å². The monoisotopic (exact) mass is 275 g/mol. The van der Waals surface area contributed by atoms with Crippen LogP contribution in [0.5, 0.6) is 0 Å². The van der Waals surface area contributed by atoms with E-state index >= 15 is 0 Å². The topological polar surface area (TPSA) is 73.9 Å². The summed E-state index contributed by atoms with van der Waals surface area (Å²) in [6.45, 7) is 3.36. The van der Waals surface area contributed by atoms with Gasteiger partial charge >= 0.3 is 0 Å². The van der Waals surface area contributed by atoms with E-state index in [1.165, 1.54) is 12.8 Å². The Morgan fingerprint density at radius 2 is 2.05 bits per heavy atom. The molecule has 1 atom stereocenters. The fourth-order valence-electron chi connectivity index (χ4n) is 3.12. The maximum atomic E-state index is 12.3. The summed E-state index contributed by atoms with van der Waals surface area (Å²) in [5.41, 5.74) is 0. The lowest BCUT2D eigenvalue weighted by Gasteiger charge is -2.36. The van der Waals surface area contributed by atoms with Crippen LogP contribution in [0.1, 0.15) is 49.2 Å². The number of nitrogens with one attached hydrogen (secondary N) is 2. The number of rotatable bonds is 3. The summed E-state index contributed by atoms with van der Waals surface area (Å²) < 4.78 is 0. The number of likely N-dealkylation sites (tertiary alicyclic amines) is 1. The third-order valence-corrected chi connectivity index (χ3v) is 4.71. The van der Waals surface area contributed by atoms with Crippen molar-refractivity contribution in [2.24, 2.45) is 5.92 Å². The van der Waals surface area contributed by atoms with Gasteiger partial charge in [-0.05, 0) is 25.7 Å². The molecule has 1 saturated carbocycles. The Balaban J connectivity index is 1.43. The number of hydrogen-bond acceptors (Lipinski definition) is 4. The molecule has 1 aromatic rings. The maximum absolute atomic E-state index is 12.3. The van der Waals surface area contributed by atoms with Crippen LogP contribution in [-0.4, -0.2) is 52.2 Å². The van der Waals surface area contributed by atoms with Gasteiger partial charge < -0.3 is 10.2 Å². The first kappa shape index (κ1) is 12.3. The minimum atomic E-state index is 0.197. The summed E-state index contributed by atoms with van der Waals surface area (Å²) in [4.78, 5) is 19.0. The Kier molecular flexibility index (Phi) is 2.98. The van der Waals surface area contributed by atoms with Gasteiger partial charge in [0.1, 0.15) is 5.82 Å². The molecule has 6 nitrogen and oxygen atoms in total. The van der Waals surface area contributed by atoms with E-state index in [0.29, 0.717) is 17.7 Å². The van der Waals surface area contributed by atoms with Gasteiger partial charge in [-0.25, -0.2) is 4.98 Å². The molecular formula is C14H21N5O. The molecule has 3 heterocycles. The fourth-order valence-corrected chi connectivity index (χ4v) is 3.12. The predicted molar refractivity (Wildman–Crippen MR) is 73.3 cm³/mol. The van der Waals surface area contributed by atoms with Crippen molar-refractivity contribution in [2.75, 3.05) is 26.2 Å². The summed E-state index contributed by atoms with van der Waals surface area (Å²) in [6.07, 6.45) is 4.62. The summed E-state index contributed by atoms with van der Waals surface area (Å²) in [6, 6.07) is 0. The lowest BCUT2D eigenvalue weighted by Crippen LogP contribution is -2.53. The van der Waals surface area contributed by atoms with Crippen LogP contribution in [-0.2, 0) is 4.79 Å². The number of aromatic amines is 1. The van der Waals surface area contributed by atoms with Gasteiger partial charge in [0.2, 0.25) is 5.91 Å². The van der Waals surface area contributed by atoms with E-state index in [2.05, 4.69) is 20.5 Å². The molecule has 0 spiro atoms. The van der Waals surface area contributed by atoms with Crippen molar-refractivity contribution >= 4 is 5.91 Å². The Morgan fingerprint density at radius 3 is 2.75 bits per heavy atom. The van der Waals surface area contributed by atoms with Crippen LogP contribution in [0.3, 0.4) is 0 Å². The minimum absolute atomic E-state index is 0.197. The lowest BCUT2D eigenvalue weighted by atomic mass is 9.94. The fraction of sp³-hybridized carbons (Fsp3) is 0.786. The van der Waals surface area contributed by atoms with E-state index in [1.54, 1.807) is 0 Å². The molecule has 2 N–H and O–H groups in total. The number of carbonyl (C=O) groups excluding carboxylic acids is 1. The molecule has 1 aliphatic carbocycles. The summed E-state index contributed by atoms with van der Waals surface area (Å²) in [5, 5.41) is 10.6. The van der Waals surface area contributed by atoms with Crippen molar-refractivity contribution in [3.05, 3.63) is 11.6 Å². The van der Waals surface area contributed by atoms with Gasteiger partial charge in [-0.3, -0.25) is 9.89 Å². The average Bonchev–Trinajstić information content (AvgIpc) is 3.15. The number of piperidine rings is 1. The number of carbonyl (C=O) groups is 1. The number of H-pyrrole nitrogens is 1. The highest BCUT2D eigenvalue weighted by Gasteiger charge is 2.34. The quantitative estimate of drug-likeness (QED) is 0.847. The van der Waals surface area contributed by atoms with Crippen LogP contribution in [0.15, 0.2) is 0 Å². The van der Waals surface area contributed by atoms with Crippen molar-refractivity contribution < 1.29 is 4.79 Å². The van der Waals surface area contributed by atoms with Crippen LogP contribution in [0.25, 0.3) is 0 Å². The van der Waals surface area contributed by atoms with Crippen LogP contribution in [0.4, 0.5) is 0 Å². The molecule has 0 radical (unpaired) electrons. The minimum Gasteiger partial charge on any atom is -0.342 e. The highest BCUT2D eigenvalue weighted by molar-refractivity contribution is 5.80. The highest BCUT2D eigenvalue weighted by atomic mass is 16.2. The lowest BCUT2D eigenvalue weighted by molar-refractivity contribution is -0.138. The third-order valence-electron chi connectivity index (χ3n) is 4.71. The zero-order valence-electron chi connectivity index (χ0n) is 11.6. The van der Waals surface area contributed by atoms with E-state index in [1.807, 2.05) is 4.90 Å². The summed E-state index contributed by atoms with van der Waals surface area (Å²) in [7, 11) is 0. The van der Waals surface area contributed by atoms with Gasteiger partial charge in [0.25, 0.3) is 0 Å². The molecule has 6 heteroatoms. The molecule has 2 aliphatic heterocycles. The Labute approximate surface area is 118 Å². The normalized spacial score (nSPS) is 27.4. The molecule has 2 saturated heterocycles. The van der Waals surface area contributed by atoms with Crippen LogP contribution in [0.2, 0.25) is 0 Å². The highest BCUT2D eigenvalue weighted by Crippen LogP contribution is 2.38. The molecule has 108 valence electrons. The van der Waals surface area contributed by atoms with E-state index in [4.69, 9.17) is 0 Å². The molecule has 4 rings (SSSR count). The Bertz CT molecular complexity index is 505. The molecule has 3 aliphatic rings. The van der Waals surface area contributed by atoms with Gasteiger partial charge in [-0.1, -0.05) is 0 Å². The third kappa shape index (κ3) is 2.22. The number of aromatic nitrogens is 3. The van der Waals surface area contributed by atoms with Crippen molar-refractivity contribution in [2.45, 2.75) is 37.5 Å². The van der Waals surface area contributed by atoms with E-state index in [0.717, 1.165) is 50.7 Å². The van der Waals surface area contributed by atoms with Crippen molar-refractivity contribution in [3.63, 3.8) is 0 Å². The molecule has 0 bridgehead atoms. The van der Waals surface area contributed by atoms with Gasteiger partial charge in [0, 0.05) is 38.0 Å². The first-order valence-electron chi connectivity index (χ1n) is 7.73. The zero-order chi connectivity index (χ0) is 13.5. The standard InChI is InChI=1S/C14H21N5O/c20-14(11-6-15-7-11)19-5-1-2-10(8-19)13-16-12(17-18-13)9-3-4-9/h9-11,15H,1-8H2,(H,16,17,18). The first-order valence-corrected chi connectivity index (χ1v) is 7.73. The largest absolute Gasteiger partial charge is 0.342 e. The van der Waals surface area contributed by atoms with Crippen molar-refractivity contribution in [3.8, 4) is 0 Å². The first-order chi connectivity index (χ1) is 9.81. The second kappa shape index (κ2) is 4.84. The summed E-state index contributed by atoms with van der Waals surface area (Å²) >= 11 is 0. The predicted octanol–water partition coefficient (Wildman–Crippen LogP) is 0.607. The Morgan fingerprint density at radius 1 is 1.20 bits per heavy atom. The van der Waals surface area contributed by atoms with Crippen molar-refractivity contribution in [1.29, 1.82) is 0 Å². The number of amides is 1. The smallest absolute Gasteiger partial charge is 0.228 e. The van der Waals surface area contributed by atoms with E-state index in [-0.39, 0.29) is 5.92 Å². The SMILES string of the molecule is O=C(C1CNC1)N1CCCC(c2n[nH]c(C3CC3)n2)C1. The summed E-state index contributed by atoms with van der Waals surface area (Å²) in [5.74, 6) is 3.39. The van der Waals surface area contributed by atoms with Crippen LogP contribution in [0, 0.1) is 5.92 Å². The van der Waals surface area contributed by atoms with Crippen LogP contribution < -0.4 is 5.32 Å². The Hall–Kier alpha value is -1.43. The van der Waals surface area contributed by atoms with E-state index < -0.39 is 0 Å². The number of nitrogens with zero attached hydrogens (tertiary/aromatic N) is 3. The molecular weight excluding hydrogens is 254 g/mol. The average molecular weight is 275 g/mol. The van der Waals surface area contributed by atoms with Gasteiger partial charge in [0.05, 0.1) is 5.92 Å². The van der Waals surface area contributed by atoms with Gasteiger partial charge in [-0.15, -0.1) is 0 Å². The molecule has 1 aromatic heterocycles. The number of hydrogen-bond donors (Lipinski definition) is 2. The second-order valence-electron chi connectivity index (χ2n) is 6.33. The maximum Gasteiger partial charge on any atom is 0.228 e. The molecule has 20 heavy (non-hydrogen) atoms. The van der Waals surface area contributed by atoms with Crippen LogP contribution >= 0.6 is 0 Å². The molecule has 3 fully saturated rings.